The van der Waals surface area contributed by atoms with E-state index in [4.69, 9.17) is 17.8 Å². The lowest BCUT2D eigenvalue weighted by Gasteiger charge is -2.05. The molecular weight excluding hydrogens is 296 g/mol. The van der Waals surface area contributed by atoms with Crippen LogP contribution < -0.4 is 0 Å². The van der Waals surface area contributed by atoms with Crippen LogP contribution in [-0.2, 0) is 0 Å². The number of rotatable bonds is 2. The molecule has 1 heteroatoms. The van der Waals surface area contributed by atoms with Gasteiger partial charge >= 0.3 is 0 Å². The first-order chi connectivity index (χ1) is 14.7. The number of hydrogen-bond acceptors (Lipinski definition) is 0. The zero-order valence-electron chi connectivity index (χ0n) is 22.4. The van der Waals surface area contributed by atoms with Crippen LogP contribution in [0.15, 0.2) is 83.0 Å². The largest absolute Gasteiger partial charge is 0.0641 e. The minimum Gasteiger partial charge on any atom is -0.0622 e. The van der Waals surface area contributed by atoms with Crippen LogP contribution in [0.5, 0.6) is 0 Å². The van der Waals surface area contributed by atoms with Gasteiger partial charge in [0.15, 0.2) is 0 Å². The van der Waals surface area contributed by atoms with Crippen LogP contribution in [0.3, 0.4) is 0 Å². The van der Waals surface area contributed by atoms with E-state index in [9.17, 15) is 0 Å². The molecule has 0 aliphatic rings. The Morgan fingerprint density at radius 1 is 0.579 bits per heavy atom. The van der Waals surface area contributed by atoms with Gasteiger partial charge in [-0.1, -0.05) is 82.4 Å². The highest BCUT2D eigenvalue weighted by molar-refractivity contribution is 9.10. The number of benzene rings is 3. The van der Waals surface area contributed by atoms with Gasteiger partial charge in [-0.3, -0.25) is 0 Å². The maximum Gasteiger partial charge on any atom is 0.0641 e. The van der Waals surface area contributed by atoms with Crippen LogP contribution >= 0.6 is 15.9 Å². The smallest absolute Gasteiger partial charge is 0.0622 e. The molecule has 0 aromatic heterocycles. The molecule has 19 heavy (non-hydrogen) atoms. The summed E-state index contributed by atoms with van der Waals surface area (Å²) in [5.41, 5.74) is -1.86. The predicted octanol–water partition coefficient (Wildman–Crippen LogP) is 5.78. The molecule has 0 saturated heterocycles. The van der Waals surface area contributed by atoms with E-state index in [1.54, 1.807) is 0 Å². The average molecular weight is 322 g/mol. The lowest BCUT2D eigenvalue weighted by atomic mass is 10.0. The van der Waals surface area contributed by atoms with E-state index < -0.39 is 95.2 Å². The second-order valence-corrected chi connectivity index (χ2v) is 4.23. The molecule has 0 N–H and O–H groups in total. The van der Waals surface area contributed by atoms with Crippen molar-refractivity contribution in [3.05, 3.63) is 83.0 Å². The summed E-state index contributed by atoms with van der Waals surface area (Å²) in [6.45, 7) is 0. The van der Waals surface area contributed by atoms with Gasteiger partial charge in [-0.2, -0.15) is 0 Å². The van der Waals surface area contributed by atoms with Gasteiger partial charge in [-0.15, -0.1) is 0 Å². The normalized spacial score (nSPS) is 19.9. The molecule has 0 saturated carbocycles. The zero-order chi connectivity index (χ0) is 24.4. The molecule has 0 aliphatic heterocycles. The molecule has 0 aliphatic carbocycles. The Bertz CT molecular complexity index is 1130. The molecule has 0 atom stereocenters. The molecule has 0 fully saturated rings. The summed E-state index contributed by atoms with van der Waals surface area (Å²) >= 11 is 2.99. The van der Waals surface area contributed by atoms with E-state index >= 15 is 0 Å². The Kier molecular flexibility index (Phi) is 1.23. The van der Waals surface area contributed by atoms with Gasteiger partial charge in [0, 0.05) is 4.47 Å². The van der Waals surface area contributed by atoms with Crippen molar-refractivity contribution in [3.8, 4) is 22.3 Å². The predicted molar refractivity (Wildman–Crippen MR) is 85.0 cm³/mol. The molecule has 0 nitrogen and oxygen atoms in total. The van der Waals surface area contributed by atoms with Crippen molar-refractivity contribution in [2.75, 3.05) is 0 Å². The first kappa shape index (κ1) is 4.32. The third kappa shape index (κ3) is 2.77. The maximum atomic E-state index is 8.40. The summed E-state index contributed by atoms with van der Waals surface area (Å²) in [5.74, 6) is 0. The SMILES string of the molecule is [2H]c1c([2H])c([2H])c(-c2c([2H])c([2H])c(-c3c([2H])c([2H])c([2H])c(Br)c3[2H])c([2H])c2[2H])c([2H])c1[2H]. The minimum atomic E-state index is -0.726. The molecule has 0 heterocycles. The van der Waals surface area contributed by atoms with Crippen molar-refractivity contribution >= 4 is 15.9 Å². The van der Waals surface area contributed by atoms with Crippen LogP contribution in [0.25, 0.3) is 22.3 Å². The lowest BCUT2D eigenvalue weighted by molar-refractivity contribution is 1.57. The molecule has 0 amide bonds. The molecule has 3 rings (SSSR count). The summed E-state index contributed by atoms with van der Waals surface area (Å²) in [4.78, 5) is 0. The highest BCUT2D eigenvalue weighted by Crippen LogP contribution is 2.26. The average Bonchev–Trinajstić information content (AvgIpc) is 2.76. The summed E-state index contributed by atoms with van der Waals surface area (Å²) in [6, 6.07) is -8.42. The summed E-state index contributed by atoms with van der Waals surface area (Å²) in [7, 11) is 0. The highest BCUT2D eigenvalue weighted by Gasteiger charge is 2.00. The van der Waals surface area contributed by atoms with E-state index in [1.807, 2.05) is 0 Å². The van der Waals surface area contributed by atoms with E-state index in [2.05, 4.69) is 15.9 Å². The van der Waals surface area contributed by atoms with Crippen molar-refractivity contribution in [2.45, 2.75) is 0 Å². The summed E-state index contributed by atoms with van der Waals surface area (Å²) in [6.07, 6.45) is 0. The van der Waals surface area contributed by atoms with Gasteiger partial charge in [0.1, 0.15) is 0 Å². The molecule has 92 valence electrons. The van der Waals surface area contributed by atoms with E-state index in [-0.39, 0.29) is 10.0 Å². The second-order valence-electron chi connectivity index (χ2n) is 3.44. The molecule has 0 bridgehead atoms. The monoisotopic (exact) mass is 321 g/mol. The van der Waals surface area contributed by atoms with E-state index in [0.29, 0.717) is 0 Å². The maximum absolute atomic E-state index is 8.40. The van der Waals surface area contributed by atoms with Gasteiger partial charge < -0.3 is 0 Å². The van der Waals surface area contributed by atoms with Crippen molar-refractivity contribution in [1.29, 1.82) is 0 Å². The zero-order valence-corrected chi connectivity index (χ0v) is 11.0. The second kappa shape index (κ2) is 5.41. The van der Waals surface area contributed by atoms with Crippen molar-refractivity contribution in [1.82, 2.24) is 0 Å². The standard InChI is InChI=1S/C18H13Br/c19-18-8-4-7-17(13-18)16-11-9-15(10-12-16)14-5-2-1-3-6-14/h1-13H/i1D,2D,3D,4D,5D,6D,7D,8D,9D,10D,11D,12D,13D. The molecule has 0 unspecified atom stereocenters. The molecule has 0 spiro atoms. The molecule has 3 aromatic carbocycles. The van der Waals surface area contributed by atoms with Crippen LogP contribution in [0, 0.1) is 0 Å². The van der Waals surface area contributed by atoms with Crippen molar-refractivity contribution < 1.29 is 17.8 Å². The summed E-state index contributed by atoms with van der Waals surface area (Å²) in [5, 5.41) is 0. The van der Waals surface area contributed by atoms with Gasteiger partial charge in [-0.05, 0) is 34.3 Å². The third-order valence-corrected chi connectivity index (χ3v) is 2.62. The Balaban J connectivity index is 2.50. The van der Waals surface area contributed by atoms with Crippen molar-refractivity contribution in [2.24, 2.45) is 0 Å². The van der Waals surface area contributed by atoms with Gasteiger partial charge in [-0.25, -0.2) is 0 Å². The Labute approximate surface area is 140 Å². The molecule has 0 radical (unpaired) electrons. The van der Waals surface area contributed by atoms with Gasteiger partial charge in [0.2, 0.25) is 0 Å². The summed E-state index contributed by atoms with van der Waals surface area (Å²) < 4.78 is 105. The fourth-order valence-electron chi connectivity index (χ4n) is 1.38. The molecule has 3 aromatic rings. The van der Waals surface area contributed by atoms with E-state index in [0.717, 1.165) is 0 Å². The lowest BCUT2D eigenvalue weighted by Crippen LogP contribution is -1.80. The number of hydrogen-bond donors (Lipinski definition) is 0. The Morgan fingerprint density at radius 3 is 1.79 bits per heavy atom. The topological polar surface area (TPSA) is 0 Å². The first-order valence-electron chi connectivity index (χ1n) is 11.7. The van der Waals surface area contributed by atoms with Gasteiger partial charge in [0.05, 0.1) is 17.8 Å². The fourth-order valence-corrected chi connectivity index (χ4v) is 1.68. The highest BCUT2D eigenvalue weighted by atomic mass is 79.9. The first-order valence-corrected chi connectivity index (χ1v) is 5.98. The van der Waals surface area contributed by atoms with E-state index in [1.165, 1.54) is 0 Å². The van der Waals surface area contributed by atoms with Crippen LogP contribution in [-0.4, -0.2) is 0 Å². The van der Waals surface area contributed by atoms with Crippen molar-refractivity contribution in [3.63, 3.8) is 0 Å². The number of halogens is 1. The Hall–Kier alpha value is -1.86. The fraction of sp³-hybridized carbons (Fsp3) is 0. The van der Waals surface area contributed by atoms with Gasteiger partial charge in [0.25, 0.3) is 0 Å². The van der Waals surface area contributed by atoms with Crippen LogP contribution in [0.4, 0.5) is 0 Å². The van der Waals surface area contributed by atoms with Crippen LogP contribution in [0.1, 0.15) is 17.8 Å². The molecular formula is C18H13Br. The Morgan fingerprint density at radius 2 is 1.11 bits per heavy atom. The third-order valence-electron chi connectivity index (χ3n) is 2.22. The quantitative estimate of drug-likeness (QED) is 0.561. The minimum absolute atomic E-state index is 0.153. The van der Waals surface area contributed by atoms with Crippen LogP contribution in [0.2, 0.25) is 0 Å².